The number of likely N-dealkylation sites (N-methyl/N-ethyl adjacent to an activating group) is 1. The molecule has 0 aliphatic rings. The highest BCUT2D eigenvalue weighted by atomic mass is 35.5. The second kappa shape index (κ2) is 8.33. The molecule has 8 heteroatoms. The van der Waals surface area contributed by atoms with Crippen molar-refractivity contribution in [3.63, 3.8) is 0 Å². The predicted molar refractivity (Wildman–Crippen MR) is 97.5 cm³/mol. The Labute approximate surface area is 152 Å². The van der Waals surface area contributed by atoms with Gasteiger partial charge in [0.1, 0.15) is 5.75 Å². The fourth-order valence-electron chi connectivity index (χ4n) is 2.10. The Hall–Kier alpha value is -2.09. The number of nitrogens with one attached hydrogen (secondary N) is 1. The zero-order valence-electron chi connectivity index (χ0n) is 13.9. The summed E-state index contributed by atoms with van der Waals surface area (Å²) in [4.78, 5) is 12.2. The summed E-state index contributed by atoms with van der Waals surface area (Å²) in [5, 5.41) is 3.10. The van der Waals surface area contributed by atoms with Crippen LogP contribution >= 0.6 is 11.6 Å². The van der Waals surface area contributed by atoms with E-state index in [1.54, 1.807) is 24.3 Å². The average Bonchev–Trinajstić information content (AvgIpc) is 2.55. The van der Waals surface area contributed by atoms with E-state index in [-0.39, 0.29) is 11.4 Å². The Morgan fingerprint density at radius 2 is 1.88 bits per heavy atom. The molecule has 0 heterocycles. The monoisotopic (exact) mass is 382 g/mol. The Kier molecular flexibility index (Phi) is 6.41. The Morgan fingerprint density at radius 1 is 1.20 bits per heavy atom. The zero-order valence-corrected chi connectivity index (χ0v) is 15.5. The highest BCUT2D eigenvalue weighted by molar-refractivity contribution is 7.89. The summed E-state index contributed by atoms with van der Waals surface area (Å²) in [6.45, 7) is 2.06. The second-order valence-corrected chi connectivity index (χ2v) is 7.71. The highest BCUT2D eigenvalue weighted by Gasteiger charge is 2.22. The molecule has 0 unspecified atom stereocenters. The molecule has 1 amide bonds. The largest absolute Gasteiger partial charge is 0.494 e. The van der Waals surface area contributed by atoms with Crippen LogP contribution in [0.25, 0.3) is 0 Å². The molecule has 0 aliphatic carbocycles. The lowest BCUT2D eigenvalue weighted by Gasteiger charge is -2.17. The van der Waals surface area contributed by atoms with E-state index in [4.69, 9.17) is 16.3 Å². The van der Waals surface area contributed by atoms with Gasteiger partial charge in [0.15, 0.2) is 0 Å². The number of hydrogen-bond donors (Lipinski definition) is 1. The van der Waals surface area contributed by atoms with Gasteiger partial charge in [-0.2, -0.15) is 4.31 Å². The van der Waals surface area contributed by atoms with Crippen molar-refractivity contribution in [3.05, 3.63) is 53.6 Å². The van der Waals surface area contributed by atoms with Gasteiger partial charge in [-0.3, -0.25) is 4.79 Å². The number of carbonyl (C=O) groups is 1. The van der Waals surface area contributed by atoms with Crippen molar-refractivity contribution in [2.45, 2.75) is 11.8 Å². The number of sulfonamides is 1. The summed E-state index contributed by atoms with van der Waals surface area (Å²) in [7, 11) is -2.42. The minimum absolute atomic E-state index is 0.0746. The van der Waals surface area contributed by atoms with Gasteiger partial charge >= 0.3 is 0 Å². The third-order valence-corrected chi connectivity index (χ3v) is 5.39. The normalized spacial score (nSPS) is 11.4. The van der Waals surface area contributed by atoms with Crippen LogP contribution in [-0.2, 0) is 14.8 Å². The lowest BCUT2D eigenvalue weighted by molar-refractivity contribution is -0.116. The minimum Gasteiger partial charge on any atom is -0.494 e. The molecule has 0 atom stereocenters. The van der Waals surface area contributed by atoms with Crippen LogP contribution in [0, 0.1) is 0 Å². The number of hydrogen-bond acceptors (Lipinski definition) is 4. The molecule has 2 rings (SSSR count). The number of benzene rings is 2. The van der Waals surface area contributed by atoms with Crippen molar-refractivity contribution in [1.82, 2.24) is 4.31 Å². The van der Waals surface area contributed by atoms with Gasteiger partial charge in [-0.25, -0.2) is 8.42 Å². The van der Waals surface area contributed by atoms with E-state index in [9.17, 15) is 13.2 Å². The summed E-state index contributed by atoms with van der Waals surface area (Å²) in [5.41, 5.74) is 0.535. The lowest BCUT2D eigenvalue weighted by atomic mass is 10.3. The summed E-state index contributed by atoms with van der Waals surface area (Å²) in [6.07, 6.45) is 0. The molecule has 2 aromatic carbocycles. The number of anilines is 1. The topological polar surface area (TPSA) is 75.7 Å². The first-order valence-corrected chi connectivity index (χ1v) is 9.39. The van der Waals surface area contributed by atoms with Crippen molar-refractivity contribution >= 4 is 33.2 Å². The number of amides is 1. The molecule has 0 saturated heterocycles. The first-order valence-electron chi connectivity index (χ1n) is 7.57. The van der Waals surface area contributed by atoms with Crippen LogP contribution < -0.4 is 10.1 Å². The third kappa shape index (κ3) is 5.19. The van der Waals surface area contributed by atoms with E-state index in [0.29, 0.717) is 23.1 Å². The summed E-state index contributed by atoms with van der Waals surface area (Å²) < 4.78 is 31.3. The fraction of sp³-hybridized carbons (Fsp3) is 0.235. The molecule has 0 saturated carbocycles. The van der Waals surface area contributed by atoms with E-state index < -0.39 is 15.9 Å². The van der Waals surface area contributed by atoms with Crippen LogP contribution in [0.1, 0.15) is 6.92 Å². The van der Waals surface area contributed by atoms with Gasteiger partial charge in [0, 0.05) is 23.8 Å². The fourth-order valence-corrected chi connectivity index (χ4v) is 3.36. The molecular formula is C17H19ClN2O4S. The number of nitrogens with zero attached hydrogens (tertiary/aromatic N) is 1. The summed E-state index contributed by atoms with van der Waals surface area (Å²) in [6, 6.07) is 12.7. The Balaban J connectivity index is 2.04. The lowest BCUT2D eigenvalue weighted by Crippen LogP contribution is -2.34. The van der Waals surface area contributed by atoms with Crippen molar-refractivity contribution in [3.8, 4) is 5.75 Å². The van der Waals surface area contributed by atoms with Crippen LogP contribution in [0.5, 0.6) is 5.75 Å². The van der Waals surface area contributed by atoms with Crippen LogP contribution in [0.15, 0.2) is 53.4 Å². The van der Waals surface area contributed by atoms with Crippen molar-refractivity contribution < 1.29 is 17.9 Å². The van der Waals surface area contributed by atoms with E-state index >= 15 is 0 Å². The molecule has 1 N–H and O–H groups in total. The number of ether oxygens (including phenoxy) is 1. The molecule has 6 nitrogen and oxygen atoms in total. The standard InChI is InChI=1S/C17H19ClN2O4S/c1-3-24-15-6-4-5-14(11-15)19-17(21)12-20(2)25(22,23)16-9-7-13(18)8-10-16/h4-11H,3,12H2,1-2H3,(H,19,21). The number of halogens is 1. The molecule has 0 aliphatic heterocycles. The summed E-state index contributed by atoms with van der Waals surface area (Å²) in [5.74, 6) is 0.177. The van der Waals surface area contributed by atoms with Crippen molar-refractivity contribution in [1.29, 1.82) is 0 Å². The molecule has 0 bridgehead atoms. The molecule has 134 valence electrons. The maximum absolute atomic E-state index is 12.5. The van der Waals surface area contributed by atoms with Gasteiger partial charge in [0.2, 0.25) is 15.9 Å². The number of carbonyl (C=O) groups excluding carboxylic acids is 1. The minimum atomic E-state index is -3.77. The molecule has 0 aromatic heterocycles. The van der Waals surface area contributed by atoms with E-state index in [0.717, 1.165) is 4.31 Å². The first-order chi connectivity index (χ1) is 11.8. The molecule has 25 heavy (non-hydrogen) atoms. The maximum atomic E-state index is 12.5. The Bertz CT molecular complexity index is 838. The predicted octanol–water partition coefficient (Wildman–Crippen LogP) is 3.00. The van der Waals surface area contributed by atoms with Crippen LogP contribution in [0.2, 0.25) is 5.02 Å². The van der Waals surface area contributed by atoms with Gasteiger partial charge in [0.05, 0.1) is 18.0 Å². The van der Waals surface area contributed by atoms with Gasteiger partial charge in [0.25, 0.3) is 0 Å². The van der Waals surface area contributed by atoms with E-state index in [2.05, 4.69) is 5.32 Å². The molecular weight excluding hydrogens is 364 g/mol. The van der Waals surface area contributed by atoms with Gasteiger partial charge < -0.3 is 10.1 Å². The van der Waals surface area contributed by atoms with Crippen LogP contribution in [0.3, 0.4) is 0 Å². The first kappa shape index (κ1) is 19.2. The van der Waals surface area contributed by atoms with Crippen molar-refractivity contribution in [2.75, 3.05) is 25.5 Å². The van der Waals surface area contributed by atoms with Gasteiger partial charge in [-0.05, 0) is 43.3 Å². The second-order valence-electron chi connectivity index (χ2n) is 5.22. The van der Waals surface area contributed by atoms with E-state index in [1.807, 2.05) is 6.92 Å². The van der Waals surface area contributed by atoms with Gasteiger partial charge in [-0.15, -0.1) is 0 Å². The van der Waals surface area contributed by atoms with Crippen LogP contribution in [0.4, 0.5) is 5.69 Å². The SMILES string of the molecule is CCOc1cccc(NC(=O)CN(C)S(=O)(=O)c2ccc(Cl)cc2)c1. The number of rotatable bonds is 7. The summed E-state index contributed by atoms with van der Waals surface area (Å²) >= 11 is 5.77. The highest BCUT2D eigenvalue weighted by Crippen LogP contribution is 2.19. The van der Waals surface area contributed by atoms with Crippen molar-refractivity contribution in [2.24, 2.45) is 0 Å². The quantitative estimate of drug-likeness (QED) is 0.798. The Morgan fingerprint density at radius 3 is 2.52 bits per heavy atom. The third-order valence-electron chi connectivity index (χ3n) is 3.32. The average molecular weight is 383 g/mol. The van der Waals surface area contributed by atoms with Crippen LogP contribution in [-0.4, -0.2) is 38.8 Å². The zero-order chi connectivity index (χ0) is 18.4. The maximum Gasteiger partial charge on any atom is 0.243 e. The molecule has 0 radical (unpaired) electrons. The van der Waals surface area contributed by atoms with E-state index in [1.165, 1.54) is 31.3 Å². The van der Waals surface area contributed by atoms with Gasteiger partial charge in [-0.1, -0.05) is 17.7 Å². The molecule has 0 fully saturated rings. The molecule has 0 spiro atoms. The molecule has 2 aromatic rings. The smallest absolute Gasteiger partial charge is 0.243 e.